The van der Waals surface area contributed by atoms with Crippen LogP contribution in [0, 0.1) is 5.82 Å². The maximum Gasteiger partial charge on any atom is 0.416 e. The van der Waals surface area contributed by atoms with Crippen molar-refractivity contribution in [3.63, 3.8) is 0 Å². The Labute approximate surface area is 203 Å². The van der Waals surface area contributed by atoms with E-state index in [1.165, 1.54) is 5.32 Å². The summed E-state index contributed by atoms with van der Waals surface area (Å²) in [5.74, 6) is -5.14. The summed E-state index contributed by atoms with van der Waals surface area (Å²) in [6.07, 6.45) is -10.6. The van der Waals surface area contributed by atoms with Crippen LogP contribution in [0.2, 0.25) is 0 Å². The third kappa shape index (κ3) is 5.00. The lowest BCUT2D eigenvalue weighted by molar-refractivity contribution is -0.160. The van der Waals surface area contributed by atoms with Crippen LogP contribution in [-0.4, -0.2) is 40.7 Å². The third-order valence-electron chi connectivity index (χ3n) is 6.04. The average molecular weight is 531 g/mol. The number of nitrogens with one attached hydrogen (secondary N) is 2. The van der Waals surface area contributed by atoms with Crippen LogP contribution in [0.1, 0.15) is 56.3 Å². The summed E-state index contributed by atoms with van der Waals surface area (Å²) in [7, 11) is 0. The molecule has 37 heavy (non-hydrogen) atoms. The maximum atomic E-state index is 14.8. The van der Waals surface area contributed by atoms with Crippen LogP contribution >= 0.6 is 0 Å². The SMILES string of the molecule is O=C1CCC(N2Cc3cc(C(=O)N[C@H](c4ccccc4C(F)(F)F)C(F)(F)F)c(F)cc3C2=O)C(=O)N1. The monoisotopic (exact) mass is 531 g/mol. The molecular weight excluding hydrogens is 515 g/mol. The van der Waals surface area contributed by atoms with E-state index in [2.05, 4.69) is 5.32 Å². The van der Waals surface area contributed by atoms with E-state index in [0.29, 0.717) is 18.2 Å². The smallest absolute Gasteiger partial charge is 0.337 e. The summed E-state index contributed by atoms with van der Waals surface area (Å²) in [5.41, 5.74) is -4.07. The molecule has 4 amide bonds. The van der Waals surface area contributed by atoms with E-state index in [0.717, 1.165) is 23.1 Å². The molecule has 0 spiro atoms. The van der Waals surface area contributed by atoms with Crippen LogP contribution in [0.4, 0.5) is 30.7 Å². The topological polar surface area (TPSA) is 95.6 Å². The second kappa shape index (κ2) is 9.16. The molecule has 2 N–H and O–H groups in total. The normalized spacial score (nSPS) is 18.9. The van der Waals surface area contributed by atoms with Gasteiger partial charge in [0.05, 0.1) is 11.1 Å². The molecule has 1 fully saturated rings. The van der Waals surface area contributed by atoms with Crippen molar-refractivity contribution in [2.24, 2.45) is 0 Å². The molecule has 0 bridgehead atoms. The highest BCUT2D eigenvalue weighted by atomic mass is 19.4. The van der Waals surface area contributed by atoms with Gasteiger partial charge in [0.25, 0.3) is 11.8 Å². The first kappa shape index (κ1) is 26.1. The van der Waals surface area contributed by atoms with Gasteiger partial charge < -0.3 is 10.2 Å². The van der Waals surface area contributed by atoms with E-state index < -0.39 is 70.6 Å². The molecule has 0 aromatic heterocycles. The number of hydrogen-bond acceptors (Lipinski definition) is 4. The zero-order valence-electron chi connectivity index (χ0n) is 18.5. The molecule has 2 aromatic carbocycles. The molecule has 196 valence electrons. The molecule has 2 atom stereocenters. The second-order valence-electron chi connectivity index (χ2n) is 8.42. The fourth-order valence-corrected chi connectivity index (χ4v) is 4.31. The maximum absolute atomic E-state index is 14.8. The molecule has 0 saturated carbocycles. The van der Waals surface area contributed by atoms with E-state index in [9.17, 15) is 49.9 Å². The Morgan fingerprint density at radius 1 is 1.05 bits per heavy atom. The fraction of sp³-hybridized carbons (Fsp3) is 0.304. The molecular formula is C23H16F7N3O4. The number of nitrogens with zero attached hydrogens (tertiary/aromatic N) is 1. The van der Waals surface area contributed by atoms with Gasteiger partial charge in [-0.25, -0.2) is 4.39 Å². The highest BCUT2D eigenvalue weighted by Gasteiger charge is 2.47. The Morgan fingerprint density at radius 2 is 1.73 bits per heavy atom. The molecule has 1 saturated heterocycles. The first-order valence-electron chi connectivity index (χ1n) is 10.7. The number of carbonyl (C=O) groups is 4. The molecule has 0 radical (unpaired) electrons. The largest absolute Gasteiger partial charge is 0.416 e. The van der Waals surface area contributed by atoms with Crippen molar-refractivity contribution in [1.29, 1.82) is 0 Å². The number of rotatable bonds is 4. The molecule has 2 aliphatic rings. The van der Waals surface area contributed by atoms with Gasteiger partial charge in [0, 0.05) is 18.5 Å². The molecule has 2 heterocycles. The average Bonchev–Trinajstić information content (AvgIpc) is 3.10. The quantitative estimate of drug-likeness (QED) is 0.466. The Kier molecular flexibility index (Phi) is 6.46. The van der Waals surface area contributed by atoms with Crippen molar-refractivity contribution in [2.75, 3.05) is 0 Å². The second-order valence-corrected chi connectivity index (χ2v) is 8.42. The number of hydrogen-bond donors (Lipinski definition) is 2. The van der Waals surface area contributed by atoms with Crippen LogP contribution in [-0.2, 0) is 22.3 Å². The van der Waals surface area contributed by atoms with E-state index in [1.54, 1.807) is 0 Å². The van der Waals surface area contributed by atoms with Gasteiger partial charge in [-0.05, 0) is 35.7 Å². The molecule has 4 rings (SSSR count). The Morgan fingerprint density at radius 3 is 2.35 bits per heavy atom. The highest BCUT2D eigenvalue weighted by Crippen LogP contribution is 2.40. The van der Waals surface area contributed by atoms with Gasteiger partial charge in [-0.3, -0.25) is 24.5 Å². The van der Waals surface area contributed by atoms with Gasteiger partial charge in [-0.2, -0.15) is 26.3 Å². The van der Waals surface area contributed by atoms with E-state index in [1.807, 2.05) is 0 Å². The van der Waals surface area contributed by atoms with Crippen molar-refractivity contribution in [1.82, 2.24) is 15.5 Å². The Hall–Kier alpha value is -3.97. The number of imide groups is 1. The molecule has 14 heteroatoms. The van der Waals surface area contributed by atoms with E-state index in [4.69, 9.17) is 0 Å². The number of halogens is 7. The van der Waals surface area contributed by atoms with Gasteiger partial charge in [0.2, 0.25) is 11.8 Å². The van der Waals surface area contributed by atoms with Crippen molar-refractivity contribution >= 4 is 23.6 Å². The molecule has 2 aliphatic heterocycles. The first-order chi connectivity index (χ1) is 17.2. The Bertz CT molecular complexity index is 1310. The minimum absolute atomic E-state index is 0.00784. The first-order valence-corrected chi connectivity index (χ1v) is 10.7. The third-order valence-corrected chi connectivity index (χ3v) is 6.04. The summed E-state index contributed by atoms with van der Waals surface area (Å²) < 4.78 is 96.0. The molecule has 0 aliphatic carbocycles. The van der Waals surface area contributed by atoms with Crippen LogP contribution in [0.5, 0.6) is 0 Å². The number of carbonyl (C=O) groups excluding carboxylic acids is 4. The van der Waals surface area contributed by atoms with Crippen LogP contribution in [0.3, 0.4) is 0 Å². The minimum atomic E-state index is -5.37. The van der Waals surface area contributed by atoms with E-state index >= 15 is 0 Å². The lowest BCUT2D eigenvalue weighted by Gasteiger charge is -2.29. The molecule has 1 unspecified atom stereocenters. The highest BCUT2D eigenvalue weighted by molar-refractivity contribution is 6.06. The summed E-state index contributed by atoms with van der Waals surface area (Å²) in [6.45, 7) is -0.305. The summed E-state index contributed by atoms with van der Waals surface area (Å²) >= 11 is 0. The predicted octanol–water partition coefficient (Wildman–Crippen LogP) is 3.64. The van der Waals surface area contributed by atoms with Crippen LogP contribution in [0.25, 0.3) is 0 Å². The summed E-state index contributed by atoms with van der Waals surface area (Å²) in [4.78, 5) is 49.9. The summed E-state index contributed by atoms with van der Waals surface area (Å²) in [5, 5.41) is 3.49. The number of benzene rings is 2. The van der Waals surface area contributed by atoms with E-state index in [-0.39, 0.29) is 30.5 Å². The van der Waals surface area contributed by atoms with Crippen molar-refractivity contribution in [3.8, 4) is 0 Å². The number of amides is 4. The number of fused-ring (bicyclic) bond motifs is 1. The standard InChI is InChI=1S/C23H16F7N3O4/c24-15-8-12-10(9-33(21(12)37)16-5-6-17(34)31-20(16)36)7-13(15)19(35)32-18(23(28,29)30)11-3-1-2-4-14(11)22(25,26)27/h1-4,7-8,16,18H,5-6,9H2,(H,32,35)(H,31,34,36)/t16?,18-/m1/s1. The molecule has 7 nitrogen and oxygen atoms in total. The molecule has 2 aromatic rings. The van der Waals surface area contributed by atoms with Gasteiger partial charge in [0.1, 0.15) is 11.9 Å². The lowest BCUT2D eigenvalue weighted by atomic mass is 9.98. The van der Waals surface area contributed by atoms with Gasteiger partial charge >= 0.3 is 12.4 Å². The zero-order chi connectivity index (χ0) is 27.3. The lowest BCUT2D eigenvalue weighted by Crippen LogP contribution is -2.52. The predicted molar refractivity (Wildman–Crippen MR) is 110 cm³/mol. The minimum Gasteiger partial charge on any atom is -0.337 e. The number of alkyl halides is 6. The Balaban J connectivity index is 1.64. The van der Waals surface area contributed by atoms with Gasteiger partial charge in [0.15, 0.2) is 6.04 Å². The van der Waals surface area contributed by atoms with Gasteiger partial charge in [-0.15, -0.1) is 0 Å². The summed E-state index contributed by atoms with van der Waals surface area (Å²) in [6, 6.07) is 0.0337. The number of piperidine rings is 1. The fourth-order valence-electron chi connectivity index (χ4n) is 4.31. The zero-order valence-corrected chi connectivity index (χ0v) is 18.5. The van der Waals surface area contributed by atoms with Gasteiger partial charge in [-0.1, -0.05) is 18.2 Å². The van der Waals surface area contributed by atoms with Crippen molar-refractivity contribution in [2.45, 2.75) is 43.8 Å². The van der Waals surface area contributed by atoms with Crippen molar-refractivity contribution in [3.05, 3.63) is 70.0 Å². The van der Waals surface area contributed by atoms with Crippen molar-refractivity contribution < 1.29 is 49.9 Å². The van der Waals surface area contributed by atoms with Crippen LogP contribution < -0.4 is 10.6 Å². The van der Waals surface area contributed by atoms with Crippen LogP contribution in [0.15, 0.2) is 36.4 Å².